The van der Waals surface area contributed by atoms with E-state index >= 15 is 0 Å². The minimum Gasteiger partial charge on any atom is -0.313 e. The molecule has 0 radical (unpaired) electrons. The summed E-state index contributed by atoms with van der Waals surface area (Å²) in [7, 11) is 0. The van der Waals surface area contributed by atoms with E-state index in [1.807, 2.05) is 22.0 Å². The van der Waals surface area contributed by atoms with E-state index in [4.69, 9.17) is 0 Å². The van der Waals surface area contributed by atoms with Crippen molar-refractivity contribution >= 4 is 22.5 Å². The van der Waals surface area contributed by atoms with Gasteiger partial charge in [-0.1, -0.05) is 6.07 Å². The first-order valence-corrected chi connectivity index (χ1v) is 11.5. The predicted octanol–water partition coefficient (Wildman–Crippen LogP) is 2.70. The number of imidazole rings is 1. The number of nitrogens with zero attached hydrogens (tertiary/aromatic N) is 5. The molecule has 9 heteroatoms. The van der Waals surface area contributed by atoms with Crippen LogP contribution in [0, 0.1) is 0 Å². The summed E-state index contributed by atoms with van der Waals surface area (Å²) in [5, 5.41) is 2.14. The second-order valence-electron chi connectivity index (χ2n) is 8.39. The van der Waals surface area contributed by atoms with E-state index in [2.05, 4.69) is 37.4 Å². The Morgan fingerprint density at radius 2 is 1.94 bits per heavy atom. The third-order valence-electron chi connectivity index (χ3n) is 6.69. The van der Waals surface area contributed by atoms with Gasteiger partial charge in [0.05, 0.1) is 18.2 Å². The quantitative estimate of drug-likeness (QED) is 0.534. The molecule has 0 aliphatic carbocycles. The number of H-pyrrole nitrogens is 1. The first-order valence-electron chi connectivity index (χ1n) is 10.6. The molecule has 158 valence electrons. The van der Waals surface area contributed by atoms with Crippen LogP contribution in [-0.2, 0) is 6.54 Å². The van der Waals surface area contributed by atoms with E-state index in [1.54, 1.807) is 24.8 Å². The molecule has 2 unspecified atom stereocenters. The second kappa shape index (κ2) is 7.28. The van der Waals surface area contributed by atoms with Crippen LogP contribution >= 0.6 is 11.3 Å². The summed E-state index contributed by atoms with van der Waals surface area (Å²) < 4.78 is 3.57. The van der Waals surface area contributed by atoms with Crippen LogP contribution in [-0.4, -0.2) is 41.1 Å². The van der Waals surface area contributed by atoms with Crippen molar-refractivity contribution in [2.75, 3.05) is 0 Å². The summed E-state index contributed by atoms with van der Waals surface area (Å²) in [5.74, 6) is 0. The Kier molecular flexibility index (Phi) is 4.39. The highest BCUT2D eigenvalue weighted by atomic mass is 32.1. The van der Waals surface area contributed by atoms with Crippen LogP contribution in [0.3, 0.4) is 0 Å². The summed E-state index contributed by atoms with van der Waals surface area (Å²) >= 11 is 1.81. The molecule has 4 aromatic rings. The minimum atomic E-state index is -0.467. The summed E-state index contributed by atoms with van der Waals surface area (Å²) in [4.78, 5) is 40.3. The zero-order valence-electron chi connectivity index (χ0n) is 16.8. The van der Waals surface area contributed by atoms with Gasteiger partial charge in [0.15, 0.2) is 11.2 Å². The molecule has 8 nitrogen and oxygen atoms in total. The largest absolute Gasteiger partial charge is 0.334 e. The average molecular weight is 435 g/mol. The maximum Gasteiger partial charge on any atom is 0.334 e. The van der Waals surface area contributed by atoms with Crippen molar-refractivity contribution in [3.05, 3.63) is 74.1 Å². The fourth-order valence-corrected chi connectivity index (χ4v) is 6.06. The van der Waals surface area contributed by atoms with Gasteiger partial charge in [0, 0.05) is 35.7 Å². The SMILES string of the molecule is O=c1[nH]c(=O)n(-c2cccnc2)c2c1ncn2C1CC2CCC(C1)N2Cc1cccs1. The number of rotatable bonds is 4. The zero-order chi connectivity index (χ0) is 20.9. The predicted molar refractivity (Wildman–Crippen MR) is 119 cm³/mol. The van der Waals surface area contributed by atoms with Gasteiger partial charge in [-0.2, -0.15) is 0 Å². The van der Waals surface area contributed by atoms with Crippen molar-refractivity contribution in [1.82, 2.24) is 29.0 Å². The lowest BCUT2D eigenvalue weighted by atomic mass is 9.97. The Morgan fingerprint density at radius 3 is 2.65 bits per heavy atom. The molecular weight excluding hydrogens is 412 g/mol. The van der Waals surface area contributed by atoms with Crippen LogP contribution < -0.4 is 11.2 Å². The molecule has 1 N–H and O–H groups in total. The molecule has 2 aliphatic rings. The molecule has 0 spiro atoms. The number of hydrogen-bond donors (Lipinski definition) is 1. The molecule has 6 heterocycles. The number of piperidine rings is 1. The molecule has 31 heavy (non-hydrogen) atoms. The monoisotopic (exact) mass is 434 g/mol. The Labute approximate surface area is 181 Å². The van der Waals surface area contributed by atoms with E-state index in [0.717, 1.165) is 19.4 Å². The van der Waals surface area contributed by atoms with E-state index < -0.39 is 11.2 Å². The Hall–Kier alpha value is -3.04. The van der Waals surface area contributed by atoms with Gasteiger partial charge >= 0.3 is 5.69 Å². The normalized spacial score (nSPS) is 23.5. The highest BCUT2D eigenvalue weighted by Crippen LogP contribution is 2.42. The Morgan fingerprint density at radius 1 is 1.10 bits per heavy atom. The Balaban J connectivity index is 1.41. The topological polar surface area (TPSA) is 88.8 Å². The summed E-state index contributed by atoms with van der Waals surface area (Å²) in [6.07, 6.45) is 9.37. The maximum atomic E-state index is 12.8. The molecule has 0 aromatic carbocycles. The number of nitrogens with one attached hydrogen (secondary N) is 1. The molecule has 2 fully saturated rings. The molecule has 2 aliphatic heterocycles. The molecule has 4 aromatic heterocycles. The second-order valence-corrected chi connectivity index (χ2v) is 9.42. The van der Waals surface area contributed by atoms with E-state index in [1.165, 1.54) is 22.3 Å². The van der Waals surface area contributed by atoms with Crippen LogP contribution in [0.25, 0.3) is 16.9 Å². The third-order valence-corrected chi connectivity index (χ3v) is 7.55. The summed E-state index contributed by atoms with van der Waals surface area (Å²) in [6, 6.07) is 9.12. The van der Waals surface area contributed by atoms with E-state index in [9.17, 15) is 9.59 Å². The summed E-state index contributed by atoms with van der Waals surface area (Å²) in [6.45, 7) is 1.00. The Bertz CT molecular complexity index is 1330. The highest BCUT2D eigenvalue weighted by molar-refractivity contribution is 7.09. The molecule has 2 bridgehead atoms. The number of pyridine rings is 1. The smallest absolute Gasteiger partial charge is 0.313 e. The first kappa shape index (κ1) is 18.7. The van der Waals surface area contributed by atoms with Crippen molar-refractivity contribution in [2.24, 2.45) is 0 Å². The van der Waals surface area contributed by atoms with Gasteiger partial charge in [0.1, 0.15) is 0 Å². The van der Waals surface area contributed by atoms with E-state index in [0.29, 0.717) is 23.4 Å². The van der Waals surface area contributed by atoms with Crippen LogP contribution in [0.4, 0.5) is 0 Å². The van der Waals surface area contributed by atoms with Crippen molar-refractivity contribution in [1.29, 1.82) is 0 Å². The van der Waals surface area contributed by atoms with Gasteiger partial charge in [-0.05, 0) is 49.3 Å². The van der Waals surface area contributed by atoms with Crippen LogP contribution in [0.2, 0.25) is 0 Å². The lowest BCUT2D eigenvalue weighted by Crippen LogP contribution is -2.43. The average Bonchev–Trinajstić information content (AvgIpc) is 3.49. The molecule has 6 rings (SSSR count). The minimum absolute atomic E-state index is 0.200. The fraction of sp³-hybridized carbons (Fsp3) is 0.364. The third kappa shape index (κ3) is 3.07. The number of aromatic amines is 1. The number of thiophene rings is 1. The standard InChI is InChI=1S/C22H22N6O2S/c29-20-19-21(28(22(30)25-20)16-3-1-7-23-11-16)27(13-24-19)17-9-14-5-6-15(10-17)26(14)12-18-4-2-8-31-18/h1-4,7-8,11,13-15,17H,5-6,9-10,12H2,(H,25,29,30). The van der Waals surface area contributed by atoms with Crippen LogP contribution in [0.15, 0.2) is 58.0 Å². The first-order chi connectivity index (χ1) is 15.2. The van der Waals surface area contributed by atoms with Gasteiger partial charge < -0.3 is 4.57 Å². The molecule has 2 atom stereocenters. The van der Waals surface area contributed by atoms with Crippen molar-refractivity contribution in [3.8, 4) is 5.69 Å². The van der Waals surface area contributed by atoms with Crippen molar-refractivity contribution in [3.63, 3.8) is 0 Å². The fourth-order valence-electron chi connectivity index (χ4n) is 5.35. The number of aromatic nitrogens is 5. The molecule has 0 amide bonds. The maximum absolute atomic E-state index is 12.8. The van der Waals surface area contributed by atoms with Gasteiger partial charge in [0.25, 0.3) is 5.56 Å². The van der Waals surface area contributed by atoms with Crippen LogP contribution in [0.1, 0.15) is 36.6 Å². The lowest BCUT2D eigenvalue weighted by molar-refractivity contribution is 0.101. The lowest BCUT2D eigenvalue weighted by Gasteiger charge is -2.39. The van der Waals surface area contributed by atoms with Crippen molar-refractivity contribution in [2.45, 2.75) is 50.4 Å². The molecule has 2 saturated heterocycles. The van der Waals surface area contributed by atoms with E-state index in [-0.39, 0.29) is 11.6 Å². The zero-order valence-corrected chi connectivity index (χ0v) is 17.7. The van der Waals surface area contributed by atoms with Crippen molar-refractivity contribution < 1.29 is 0 Å². The van der Waals surface area contributed by atoms with Gasteiger partial charge in [-0.25, -0.2) is 14.3 Å². The van der Waals surface area contributed by atoms with Crippen LogP contribution in [0.5, 0.6) is 0 Å². The highest BCUT2D eigenvalue weighted by Gasteiger charge is 2.41. The van der Waals surface area contributed by atoms with Gasteiger partial charge in [-0.15, -0.1) is 11.3 Å². The van der Waals surface area contributed by atoms with Gasteiger partial charge in [0.2, 0.25) is 0 Å². The number of hydrogen-bond acceptors (Lipinski definition) is 6. The summed E-state index contributed by atoms with van der Waals surface area (Å²) in [5.41, 5.74) is 0.547. The molecule has 0 saturated carbocycles. The number of fused-ring (bicyclic) bond motifs is 3. The molecular formula is C22H22N6O2S. The van der Waals surface area contributed by atoms with Gasteiger partial charge in [-0.3, -0.25) is 19.7 Å².